The van der Waals surface area contributed by atoms with Crippen molar-refractivity contribution in [2.75, 3.05) is 37.9 Å². The Morgan fingerprint density at radius 1 is 1.08 bits per heavy atom. The van der Waals surface area contributed by atoms with Crippen LogP contribution in [0.1, 0.15) is 24.0 Å². The summed E-state index contributed by atoms with van der Waals surface area (Å²) >= 11 is 0. The number of anilines is 2. The molecule has 2 N–H and O–H groups in total. The predicted octanol–water partition coefficient (Wildman–Crippen LogP) is 3.67. The molecule has 0 aliphatic carbocycles. The van der Waals surface area contributed by atoms with Gasteiger partial charge in [0.15, 0.2) is 0 Å². The van der Waals surface area contributed by atoms with E-state index in [2.05, 4.69) is 29.2 Å². The lowest BCUT2D eigenvalue weighted by Crippen LogP contribution is -2.30. The molecule has 0 fully saturated rings. The number of nitrogen functional groups attached to an aromatic ring is 1. The van der Waals surface area contributed by atoms with E-state index in [-0.39, 0.29) is 0 Å². The zero-order valence-corrected chi connectivity index (χ0v) is 14.5. The molecular formula is C20H26N2O2. The van der Waals surface area contributed by atoms with Gasteiger partial charge in [-0.15, -0.1) is 0 Å². The summed E-state index contributed by atoms with van der Waals surface area (Å²) in [6.45, 7) is 2.19. The quantitative estimate of drug-likeness (QED) is 0.823. The van der Waals surface area contributed by atoms with Crippen LogP contribution in [0.5, 0.6) is 11.5 Å². The molecule has 2 aromatic rings. The Balaban J connectivity index is 1.66. The molecule has 0 spiro atoms. The highest BCUT2D eigenvalue weighted by molar-refractivity contribution is 5.59. The zero-order valence-electron chi connectivity index (χ0n) is 14.5. The summed E-state index contributed by atoms with van der Waals surface area (Å²) < 4.78 is 10.8. The number of hydrogen-bond acceptors (Lipinski definition) is 4. The van der Waals surface area contributed by atoms with Crippen LogP contribution >= 0.6 is 0 Å². The Bertz CT molecular complexity index is 700. The molecule has 1 heterocycles. The van der Waals surface area contributed by atoms with E-state index in [9.17, 15) is 0 Å². The van der Waals surface area contributed by atoms with Crippen LogP contribution in [0.3, 0.4) is 0 Å². The molecule has 0 aromatic heterocycles. The van der Waals surface area contributed by atoms with E-state index in [0.29, 0.717) is 11.4 Å². The number of ether oxygens (including phenoxy) is 2. The maximum absolute atomic E-state index is 6.04. The average molecular weight is 326 g/mol. The van der Waals surface area contributed by atoms with Gasteiger partial charge in [-0.1, -0.05) is 18.2 Å². The molecule has 0 saturated carbocycles. The van der Waals surface area contributed by atoms with Crippen LogP contribution in [0.15, 0.2) is 36.4 Å². The van der Waals surface area contributed by atoms with Crippen molar-refractivity contribution >= 4 is 11.4 Å². The molecule has 0 radical (unpaired) electrons. The fraction of sp³-hybridized carbons (Fsp3) is 0.400. The number of nitrogens with two attached hydrogens (primary N) is 1. The van der Waals surface area contributed by atoms with Crippen molar-refractivity contribution in [1.29, 1.82) is 0 Å². The predicted molar refractivity (Wildman–Crippen MR) is 99.3 cm³/mol. The van der Waals surface area contributed by atoms with Crippen molar-refractivity contribution in [1.82, 2.24) is 0 Å². The summed E-state index contributed by atoms with van der Waals surface area (Å²) in [7, 11) is 3.31. The van der Waals surface area contributed by atoms with E-state index < -0.39 is 0 Å². The van der Waals surface area contributed by atoms with Gasteiger partial charge in [0.05, 0.1) is 19.9 Å². The molecular weight excluding hydrogens is 300 g/mol. The largest absolute Gasteiger partial charge is 0.496 e. The Morgan fingerprint density at radius 3 is 2.67 bits per heavy atom. The molecule has 0 atom stereocenters. The van der Waals surface area contributed by atoms with E-state index in [1.54, 1.807) is 14.2 Å². The van der Waals surface area contributed by atoms with Gasteiger partial charge >= 0.3 is 0 Å². The number of methoxy groups -OCH3 is 2. The van der Waals surface area contributed by atoms with Crippen molar-refractivity contribution in [3.63, 3.8) is 0 Å². The Hall–Kier alpha value is -2.36. The van der Waals surface area contributed by atoms with Gasteiger partial charge in [-0.2, -0.15) is 0 Å². The lowest BCUT2D eigenvalue weighted by molar-refractivity contribution is 0.392. The summed E-state index contributed by atoms with van der Waals surface area (Å²) in [5, 5.41) is 0. The number of fused-ring (bicyclic) bond motifs is 1. The van der Waals surface area contributed by atoms with Crippen LogP contribution in [0.25, 0.3) is 0 Å². The smallest absolute Gasteiger partial charge is 0.145 e. The van der Waals surface area contributed by atoms with Crippen molar-refractivity contribution in [3.8, 4) is 11.5 Å². The Morgan fingerprint density at radius 2 is 1.88 bits per heavy atom. The van der Waals surface area contributed by atoms with Crippen LogP contribution in [-0.4, -0.2) is 27.3 Å². The van der Waals surface area contributed by atoms with Gasteiger partial charge < -0.3 is 20.1 Å². The molecule has 4 nitrogen and oxygen atoms in total. The molecule has 0 amide bonds. The van der Waals surface area contributed by atoms with Gasteiger partial charge in [0.2, 0.25) is 0 Å². The first-order chi connectivity index (χ1) is 11.7. The SMILES string of the molecule is COc1cc(OC)c(CCCN2CCCc3ccccc32)cc1N. The van der Waals surface area contributed by atoms with Gasteiger partial charge in [-0.3, -0.25) is 0 Å². The topological polar surface area (TPSA) is 47.7 Å². The summed E-state index contributed by atoms with van der Waals surface area (Å²) in [4.78, 5) is 2.50. The minimum absolute atomic E-state index is 0.664. The molecule has 128 valence electrons. The third-order valence-electron chi connectivity index (χ3n) is 4.71. The third-order valence-corrected chi connectivity index (χ3v) is 4.71. The normalized spacial score (nSPS) is 13.5. The molecule has 2 aromatic carbocycles. The monoisotopic (exact) mass is 326 g/mol. The Labute approximate surface area is 144 Å². The van der Waals surface area contributed by atoms with Crippen LogP contribution < -0.4 is 20.1 Å². The van der Waals surface area contributed by atoms with E-state index in [1.807, 2.05) is 12.1 Å². The molecule has 1 aliphatic rings. The lowest BCUT2D eigenvalue weighted by Gasteiger charge is -2.31. The van der Waals surface area contributed by atoms with Crippen LogP contribution in [0.4, 0.5) is 11.4 Å². The number of nitrogens with zero attached hydrogens (tertiary/aromatic N) is 1. The molecule has 24 heavy (non-hydrogen) atoms. The summed E-state index contributed by atoms with van der Waals surface area (Å²) in [5.74, 6) is 1.51. The molecule has 0 unspecified atom stereocenters. The summed E-state index contributed by atoms with van der Waals surface area (Å²) in [5.41, 5.74) is 10.7. The molecule has 3 rings (SSSR count). The van der Waals surface area contributed by atoms with Crippen LogP contribution in [0, 0.1) is 0 Å². The fourth-order valence-corrected chi connectivity index (χ4v) is 3.49. The number of hydrogen-bond donors (Lipinski definition) is 1. The highest BCUT2D eigenvalue weighted by Gasteiger charge is 2.16. The molecule has 0 saturated heterocycles. The second-order valence-corrected chi connectivity index (χ2v) is 6.23. The molecule has 1 aliphatic heterocycles. The van der Waals surface area contributed by atoms with Crippen LogP contribution in [-0.2, 0) is 12.8 Å². The first-order valence-electron chi connectivity index (χ1n) is 8.56. The van der Waals surface area contributed by atoms with Gasteiger partial charge in [0.25, 0.3) is 0 Å². The molecule has 4 heteroatoms. The number of para-hydroxylation sites is 1. The third kappa shape index (κ3) is 3.42. The first kappa shape index (κ1) is 16.5. The summed E-state index contributed by atoms with van der Waals surface area (Å²) in [6, 6.07) is 12.6. The van der Waals surface area contributed by atoms with E-state index in [0.717, 1.165) is 37.2 Å². The number of benzene rings is 2. The maximum Gasteiger partial charge on any atom is 0.145 e. The van der Waals surface area contributed by atoms with Crippen molar-refractivity contribution in [3.05, 3.63) is 47.5 Å². The van der Waals surface area contributed by atoms with Crippen LogP contribution in [0.2, 0.25) is 0 Å². The summed E-state index contributed by atoms with van der Waals surface area (Å²) in [6.07, 6.45) is 4.43. The second-order valence-electron chi connectivity index (χ2n) is 6.23. The highest BCUT2D eigenvalue weighted by Crippen LogP contribution is 2.32. The fourth-order valence-electron chi connectivity index (χ4n) is 3.49. The number of aryl methyl sites for hydroxylation is 2. The first-order valence-corrected chi connectivity index (χ1v) is 8.56. The van der Waals surface area contributed by atoms with Crippen molar-refractivity contribution in [2.45, 2.75) is 25.7 Å². The van der Waals surface area contributed by atoms with Gasteiger partial charge in [0.1, 0.15) is 11.5 Å². The molecule has 0 bridgehead atoms. The highest BCUT2D eigenvalue weighted by atomic mass is 16.5. The van der Waals surface area contributed by atoms with E-state index in [4.69, 9.17) is 15.2 Å². The lowest BCUT2D eigenvalue weighted by atomic mass is 10.0. The number of rotatable bonds is 6. The van der Waals surface area contributed by atoms with E-state index in [1.165, 1.54) is 24.1 Å². The van der Waals surface area contributed by atoms with E-state index >= 15 is 0 Å². The average Bonchev–Trinajstić information content (AvgIpc) is 2.62. The Kier molecular flexibility index (Phi) is 5.14. The second kappa shape index (κ2) is 7.47. The minimum Gasteiger partial charge on any atom is -0.496 e. The zero-order chi connectivity index (χ0) is 16.9. The maximum atomic E-state index is 6.04. The van der Waals surface area contributed by atoms with Crippen molar-refractivity contribution in [2.24, 2.45) is 0 Å². The van der Waals surface area contributed by atoms with Gasteiger partial charge in [-0.25, -0.2) is 0 Å². The van der Waals surface area contributed by atoms with Gasteiger partial charge in [0, 0.05) is 24.8 Å². The van der Waals surface area contributed by atoms with Gasteiger partial charge in [-0.05, 0) is 48.9 Å². The van der Waals surface area contributed by atoms with Crippen molar-refractivity contribution < 1.29 is 9.47 Å². The minimum atomic E-state index is 0.664. The standard InChI is InChI=1S/C20H26N2O2/c1-23-19-14-20(24-2)17(21)13-16(19)9-6-12-22-11-5-8-15-7-3-4-10-18(15)22/h3-4,7,10,13-14H,5-6,8-9,11-12,21H2,1-2H3.